The highest BCUT2D eigenvalue weighted by Gasteiger charge is 2.28. The summed E-state index contributed by atoms with van der Waals surface area (Å²) in [7, 11) is 0. The van der Waals surface area contributed by atoms with E-state index < -0.39 is 0 Å². The Kier molecular flexibility index (Phi) is 5.07. The normalized spacial score (nSPS) is 22.4. The number of amides is 1. The molecule has 1 fully saturated rings. The van der Waals surface area contributed by atoms with Crippen LogP contribution in [-0.2, 0) is 11.2 Å². The number of pyridine rings is 1. The predicted octanol–water partition coefficient (Wildman–Crippen LogP) is 2.00. The van der Waals surface area contributed by atoms with Crippen LogP contribution >= 0.6 is 11.8 Å². The number of hydrogen-bond donors (Lipinski definition) is 2. The number of carbonyl (C=O) groups excluding carboxylic acids is 1. The number of anilines is 1. The number of aromatic nitrogens is 1. The van der Waals surface area contributed by atoms with Gasteiger partial charge in [0.15, 0.2) is 0 Å². The van der Waals surface area contributed by atoms with Crippen LogP contribution in [0.25, 0.3) is 0 Å². The molecule has 5 heteroatoms. The van der Waals surface area contributed by atoms with Crippen LogP contribution < -0.4 is 11.1 Å². The van der Waals surface area contributed by atoms with E-state index in [1.807, 2.05) is 17.8 Å². The maximum Gasteiger partial charge on any atom is 0.226 e. The van der Waals surface area contributed by atoms with Crippen LogP contribution in [-0.4, -0.2) is 27.9 Å². The second-order valence-corrected chi connectivity index (χ2v) is 6.37. The van der Waals surface area contributed by atoms with Crippen LogP contribution in [0.1, 0.15) is 31.9 Å². The molecule has 104 valence electrons. The fourth-order valence-electron chi connectivity index (χ4n) is 2.47. The number of nitrogens with one attached hydrogen (secondary N) is 1. The minimum Gasteiger partial charge on any atom is -0.397 e. The van der Waals surface area contributed by atoms with Crippen LogP contribution in [0.4, 0.5) is 5.69 Å². The second-order valence-electron chi connectivity index (χ2n) is 4.86. The lowest BCUT2D eigenvalue weighted by Crippen LogP contribution is -2.39. The molecular formula is C14H21N3OS. The third-order valence-electron chi connectivity index (χ3n) is 3.37. The van der Waals surface area contributed by atoms with Gasteiger partial charge >= 0.3 is 0 Å². The number of hydrogen-bond acceptors (Lipinski definition) is 4. The van der Waals surface area contributed by atoms with Gasteiger partial charge in [-0.15, -0.1) is 0 Å². The van der Waals surface area contributed by atoms with E-state index in [1.54, 1.807) is 12.3 Å². The highest BCUT2D eigenvalue weighted by atomic mass is 32.2. The monoisotopic (exact) mass is 279 g/mol. The molecule has 1 aliphatic rings. The van der Waals surface area contributed by atoms with E-state index >= 15 is 0 Å². The zero-order chi connectivity index (χ0) is 13.7. The Bertz CT molecular complexity index is 421. The highest BCUT2D eigenvalue weighted by molar-refractivity contribution is 7.99. The smallest absolute Gasteiger partial charge is 0.226 e. The molecule has 1 aliphatic carbocycles. The van der Waals surface area contributed by atoms with E-state index in [2.05, 4.69) is 17.2 Å². The number of thioether (sulfide) groups is 1. The summed E-state index contributed by atoms with van der Waals surface area (Å²) in [6, 6.07) is 3.91. The van der Waals surface area contributed by atoms with E-state index in [0.717, 1.165) is 17.9 Å². The molecule has 1 amide bonds. The number of nitrogens with zero attached hydrogens (tertiary/aromatic N) is 1. The van der Waals surface area contributed by atoms with Crippen molar-refractivity contribution in [2.75, 3.05) is 11.5 Å². The van der Waals surface area contributed by atoms with E-state index in [0.29, 0.717) is 23.4 Å². The Morgan fingerprint density at radius 3 is 3.05 bits per heavy atom. The fourth-order valence-corrected chi connectivity index (χ4v) is 3.67. The molecule has 2 unspecified atom stereocenters. The summed E-state index contributed by atoms with van der Waals surface area (Å²) in [5.41, 5.74) is 6.97. The first-order valence-corrected chi connectivity index (χ1v) is 7.85. The van der Waals surface area contributed by atoms with Gasteiger partial charge in [-0.25, -0.2) is 0 Å². The molecule has 1 heterocycles. The van der Waals surface area contributed by atoms with Crippen molar-refractivity contribution >= 4 is 23.4 Å². The van der Waals surface area contributed by atoms with E-state index in [1.165, 1.54) is 12.8 Å². The number of rotatable bonds is 5. The quantitative estimate of drug-likeness (QED) is 0.865. The molecule has 0 radical (unpaired) electrons. The average molecular weight is 279 g/mol. The summed E-state index contributed by atoms with van der Waals surface area (Å²) in [5.74, 6) is 1.17. The molecule has 0 spiro atoms. The standard InChI is InChI=1S/C14H21N3OS/c1-2-19-13-5-3-4-12(13)17-14(18)8-11-7-6-10(15)9-16-11/h6-7,9,12-13H,2-5,8,15H2,1H3,(H,17,18). The lowest BCUT2D eigenvalue weighted by atomic mass is 10.2. The molecule has 1 aromatic rings. The van der Waals surface area contributed by atoms with Crippen LogP contribution in [0.15, 0.2) is 18.3 Å². The lowest BCUT2D eigenvalue weighted by molar-refractivity contribution is -0.121. The molecule has 1 saturated carbocycles. The summed E-state index contributed by atoms with van der Waals surface area (Å²) >= 11 is 1.95. The van der Waals surface area contributed by atoms with Crippen molar-refractivity contribution < 1.29 is 4.79 Å². The minimum atomic E-state index is 0.0610. The molecule has 0 aromatic carbocycles. The first-order chi connectivity index (χ1) is 9.19. The second kappa shape index (κ2) is 6.80. The van der Waals surface area contributed by atoms with Crippen LogP contribution in [0.5, 0.6) is 0 Å². The van der Waals surface area contributed by atoms with Gasteiger partial charge in [-0.05, 0) is 30.7 Å². The van der Waals surface area contributed by atoms with Gasteiger partial charge in [-0.1, -0.05) is 13.3 Å². The molecule has 4 nitrogen and oxygen atoms in total. The van der Waals surface area contributed by atoms with Crippen LogP contribution in [0.2, 0.25) is 0 Å². The van der Waals surface area contributed by atoms with Gasteiger partial charge in [-0.2, -0.15) is 11.8 Å². The van der Waals surface area contributed by atoms with Crippen molar-refractivity contribution in [1.82, 2.24) is 10.3 Å². The van der Waals surface area contributed by atoms with Crippen molar-refractivity contribution in [2.24, 2.45) is 0 Å². The molecule has 0 saturated heterocycles. The Morgan fingerprint density at radius 2 is 2.37 bits per heavy atom. The number of nitrogens with two attached hydrogens (primary N) is 1. The average Bonchev–Trinajstić information content (AvgIpc) is 2.80. The van der Waals surface area contributed by atoms with E-state index in [4.69, 9.17) is 5.73 Å². The molecule has 2 rings (SSSR count). The molecule has 0 bridgehead atoms. The van der Waals surface area contributed by atoms with E-state index in [-0.39, 0.29) is 5.91 Å². The van der Waals surface area contributed by atoms with Crippen molar-refractivity contribution in [2.45, 2.75) is 43.9 Å². The Balaban J connectivity index is 1.85. The summed E-state index contributed by atoms with van der Waals surface area (Å²) in [5, 5.41) is 3.72. The maximum atomic E-state index is 12.0. The van der Waals surface area contributed by atoms with Crippen molar-refractivity contribution in [3.8, 4) is 0 Å². The summed E-state index contributed by atoms with van der Waals surface area (Å²) in [4.78, 5) is 16.2. The minimum absolute atomic E-state index is 0.0610. The predicted molar refractivity (Wildman–Crippen MR) is 80.1 cm³/mol. The SMILES string of the molecule is CCSC1CCCC1NC(=O)Cc1ccc(N)cn1. The highest BCUT2D eigenvalue weighted by Crippen LogP contribution is 2.29. The summed E-state index contributed by atoms with van der Waals surface area (Å²) < 4.78 is 0. The van der Waals surface area contributed by atoms with Gasteiger partial charge in [0, 0.05) is 17.0 Å². The van der Waals surface area contributed by atoms with Gasteiger partial charge in [0.25, 0.3) is 0 Å². The fraction of sp³-hybridized carbons (Fsp3) is 0.571. The topological polar surface area (TPSA) is 68.0 Å². The molecule has 1 aromatic heterocycles. The summed E-state index contributed by atoms with van der Waals surface area (Å²) in [6.45, 7) is 2.17. The third kappa shape index (κ3) is 4.13. The zero-order valence-electron chi connectivity index (χ0n) is 11.3. The number of carbonyl (C=O) groups is 1. The maximum absolute atomic E-state index is 12.0. The largest absolute Gasteiger partial charge is 0.397 e. The Hall–Kier alpha value is -1.23. The van der Waals surface area contributed by atoms with E-state index in [9.17, 15) is 4.79 Å². The molecule has 2 atom stereocenters. The molecule has 3 N–H and O–H groups in total. The van der Waals surface area contributed by atoms with Crippen LogP contribution in [0, 0.1) is 0 Å². The van der Waals surface area contributed by atoms with Crippen molar-refractivity contribution in [1.29, 1.82) is 0 Å². The van der Waals surface area contributed by atoms with Gasteiger partial charge in [0.1, 0.15) is 0 Å². The Morgan fingerprint density at radius 1 is 1.53 bits per heavy atom. The summed E-state index contributed by atoms with van der Waals surface area (Å²) in [6.07, 6.45) is 5.44. The number of nitrogen functional groups attached to an aromatic ring is 1. The van der Waals surface area contributed by atoms with Crippen molar-refractivity contribution in [3.63, 3.8) is 0 Å². The van der Waals surface area contributed by atoms with Gasteiger partial charge < -0.3 is 11.1 Å². The Labute approximate surface area is 118 Å². The van der Waals surface area contributed by atoms with Gasteiger partial charge in [0.2, 0.25) is 5.91 Å². The van der Waals surface area contributed by atoms with Gasteiger partial charge in [-0.3, -0.25) is 9.78 Å². The first kappa shape index (κ1) is 14.2. The van der Waals surface area contributed by atoms with Crippen LogP contribution in [0.3, 0.4) is 0 Å². The third-order valence-corrected chi connectivity index (χ3v) is 4.69. The first-order valence-electron chi connectivity index (χ1n) is 6.80. The van der Waals surface area contributed by atoms with Crippen molar-refractivity contribution in [3.05, 3.63) is 24.0 Å². The lowest BCUT2D eigenvalue weighted by Gasteiger charge is -2.20. The molecule has 0 aliphatic heterocycles. The molecular weight excluding hydrogens is 258 g/mol. The molecule has 19 heavy (non-hydrogen) atoms. The van der Waals surface area contributed by atoms with Gasteiger partial charge in [0.05, 0.1) is 18.3 Å². The zero-order valence-corrected chi connectivity index (χ0v) is 12.1.